The number of carbonyl (C=O) groups is 3. The van der Waals surface area contributed by atoms with Crippen molar-refractivity contribution in [1.29, 1.82) is 0 Å². The fraction of sp³-hybridized carbons (Fsp3) is 0.722. The van der Waals surface area contributed by atoms with Crippen LogP contribution in [0.1, 0.15) is 52.4 Å². The summed E-state index contributed by atoms with van der Waals surface area (Å²) in [5.74, 6) is -1.53. The number of aliphatic hydroxyl groups is 1. The van der Waals surface area contributed by atoms with Crippen molar-refractivity contribution in [3.05, 3.63) is 12.2 Å². The monoisotopic (exact) mass is 339 g/mol. The number of hydrogen-bond acceptors (Lipinski definition) is 4. The smallest absolute Gasteiger partial charge is 0.326 e. The molecule has 6 heteroatoms. The van der Waals surface area contributed by atoms with Gasteiger partial charge in [0.2, 0.25) is 5.91 Å². The van der Waals surface area contributed by atoms with Crippen molar-refractivity contribution in [1.82, 2.24) is 5.32 Å². The van der Waals surface area contributed by atoms with Crippen molar-refractivity contribution in [2.24, 2.45) is 17.8 Å². The summed E-state index contributed by atoms with van der Waals surface area (Å²) in [4.78, 5) is 35.5. The Labute approximate surface area is 143 Å². The predicted molar refractivity (Wildman–Crippen MR) is 90.3 cm³/mol. The molecular formula is C18H29NO5. The molecule has 1 rings (SSSR count). The molecule has 1 amide bonds. The summed E-state index contributed by atoms with van der Waals surface area (Å²) in [5.41, 5.74) is 0. The molecule has 4 atom stereocenters. The van der Waals surface area contributed by atoms with Crippen molar-refractivity contribution in [3.8, 4) is 0 Å². The number of carboxylic acid groups (broad SMARTS) is 1. The van der Waals surface area contributed by atoms with Gasteiger partial charge in [-0.3, -0.25) is 9.59 Å². The molecule has 1 saturated carbocycles. The zero-order chi connectivity index (χ0) is 18.1. The molecule has 0 heterocycles. The molecule has 6 nitrogen and oxygen atoms in total. The normalized spacial score (nSPS) is 23.4. The van der Waals surface area contributed by atoms with Gasteiger partial charge in [-0.25, -0.2) is 4.79 Å². The molecule has 0 aromatic carbocycles. The van der Waals surface area contributed by atoms with E-state index in [1.54, 1.807) is 6.92 Å². The van der Waals surface area contributed by atoms with Crippen molar-refractivity contribution < 1.29 is 24.6 Å². The van der Waals surface area contributed by atoms with Gasteiger partial charge in [0.1, 0.15) is 11.8 Å². The van der Waals surface area contributed by atoms with Crippen LogP contribution in [0, 0.1) is 17.8 Å². The first-order valence-electron chi connectivity index (χ1n) is 8.71. The summed E-state index contributed by atoms with van der Waals surface area (Å²) < 4.78 is 0. The van der Waals surface area contributed by atoms with Crippen LogP contribution in [0.15, 0.2) is 12.2 Å². The highest BCUT2D eigenvalue weighted by Gasteiger charge is 2.35. The quantitative estimate of drug-likeness (QED) is 0.528. The molecule has 1 aliphatic carbocycles. The standard InChI is InChI=1S/C18H29NO5/c1-3-12(2)17(18(23)24)19-16(22)11-13-8-9-15(21)14(13)7-5-4-6-10-20/h4-5,12-14,17,20H,3,6-11H2,1-2H3,(H,19,22)(H,23,24)/b5-4-/t12-,13+,14-,17-/m0/s1. The van der Waals surface area contributed by atoms with Gasteiger partial charge in [0.25, 0.3) is 0 Å². The van der Waals surface area contributed by atoms with E-state index in [4.69, 9.17) is 5.11 Å². The average molecular weight is 339 g/mol. The van der Waals surface area contributed by atoms with Gasteiger partial charge in [0, 0.05) is 25.4 Å². The number of Topliss-reactive ketones (excluding diaryl/α,β-unsaturated/α-hetero) is 1. The summed E-state index contributed by atoms with van der Waals surface area (Å²) in [6.07, 6.45) is 6.85. The molecule has 0 radical (unpaired) electrons. The minimum absolute atomic E-state index is 0.0392. The summed E-state index contributed by atoms with van der Waals surface area (Å²) in [5, 5.41) is 20.6. The first kappa shape index (κ1) is 20.4. The highest BCUT2D eigenvalue weighted by molar-refractivity contribution is 5.87. The lowest BCUT2D eigenvalue weighted by molar-refractivity contribution is -0.143. The van der Waals surface area contributed by atoms with E-state index in [-0.39, 0.29) is 42.5 Å². The van der Waals surface area contributed by atoms with Gasteiger partial charge in [-0.05, 0) is 31.1 Å². The number of amides is 1. The van der Waals surface area contributed by atoms with Crippen molar-refractivity contribution in [2.75, 3.05) is 6.61 Å². The Balaban J connectivity index is 2.60. The van der Waals surface area contributed by atoms with Crippen molar-refractivity contribution in [3.63, 3.8) is 0 Å². The van der Waals surface area contributed by atoms with Gasteiger partial charge in [0.15, 0.2) is 0 Å². The Bertz CT molecular complexity index is 474. The zero-order valence-electron chi connectivity index (χ0n) is 14.5. The number of aliphatic carboxylic acids is 1. The minimum Gasteiger partial charge on any atom is -0.480 e. The van der Waals surface area contributed by atoms with E-state index in [1.165, 1.54) is 0 Å². The lowest BCUT2D eigenvalue weighted by Gasteiger charge is -2.22. The minimum atomic E-state index is -1.02. The third-order valence-corrected chi connectivity index (χ3v) is 4.84. The van der Waals surface area contributed by atoms with Crippen LogP contribution in [0.25, 0.3) is 0 Å². The predicted octanol–water partition coefficient (Wildman–Crippen LogP) is 1.92. The molecule has 0 aliphatic heterocycles. The second kappa shape index (κ2) is 10.2. The van der Waals surface area contributed by atoms with E-state index in [2.05, 4.69) is 5.32 Å². The van der Waals surface area contributed by atoms with E-state index in [1.807, 2.05) is 19.1 Å². The number of nitrogens with one attached hydrogen (secondary N) is 1. The van der Waals surface area contributed by atoms with Crippen LogP contribution in [0.4, 0.5) is 0 Å². The second-order valence-corrected chi connectivity index (χ2v) is 6.56. The van der Waals surface area contributed by atoms with Crippen LogP contribution in [0.2, 0.25) is 0 Å². The zero-order valence-corrected chi connectivity index (χ0v) is 14.5. The Morgan fingerprint density at radius 1 is 1.38 bits per heavy atom. The Morgan fingerprint density at radius 3 is 2.67 bits per heavy atom. The number of hydrogen-bond donors (Lipinski definition) is 3. The Kier molecular flexibility index (Phi) is 8.68. The van der Waals surface area contributed by atoms with E-state index < -0.39 is 12.0 Å². The number of allylic oxidation sites excluding steroid dienone is 1. The molecule has 1 fully saturated rings. The van der Waals surface area contributed by atoms with Crippen molar-refractivity contribution >= 4 is 17.7 Å². The van der Waals surface area contributed by atoms with Crippen LogP contribution in [0.5, 0.6) is 0 Å². The van der Waals surface area contributed by atoms with E-state index >= 15 is 0 Å². The van der Waals surface area contributed by atoms with Crippen LogP contribution >= 0.6 is 0 Å². The summed E-state index contributed by atoms with van der Waals surface area (Å²) >= 11 is 0. The number of ketones is 1. The summed E-state index contributed by atoms with van der Waals surface area (Å²) in [6.45, 7) is 3.76. The Hall–Kier alpha value is -1.69. The van der Waals surface area contributed by atoms with E-state index in [9.17, 15) is 19.5 Å². The lowest BCUT2D eigenvalue weighted by Crippen LogP contribution is -2.45. The van der Waals surface area contributed by atoms with Gasteiger partial charge in [0.05, 0.1) is 0 Å². The topological polar surface area (TPSA) is 104 Å². The lowest BCUT2D eigenvalue weighted by atomic mass is 9.89. The fourth-order valence-electron chi connectivity index (χ4n) is 3.13. The maximum absolute atomic E-state index is 12.2. The first-order valence-corrected chi connectivity index (χ1v) is 8.71. The highest BCUT2D eigenvalue weighted by atomic mass is 16.4. The number of carbonyl (C=O) groups excluding carboxylic acids is 2. The number of aliphatic hydroxyl groups excluding tert-OH is 1. The van der Waals surface area contributed by atoms with Crippen LogP contribution in [-0.2, 0) is 14.4 Å². The SMILES string of the molecule is CC[C@H](C)[C@H](NC(=O)C[C@H]1CCC(=O)[C@H]1C/C=C\CCO)C(=O)O. The molecular weight excluding hydrogens is 310 g/mol. The van der Waals surface area contributed by atoms with E-state index in [0.717, 1.165) is 0 Å². The maximum Gasteiger partial charge on any atom is 0.326 e. The van der Waals surface area contributed by atoms with Gasteiger partial charge >= 0.3 is 5.97 Å². The molecule has 136 valence electrons. The van der Waals surface area contributed by atoms with Gasteiger partial charge in [-0.15, -0.1) is 0 Å². The van der Waals surface area contributed by atoms with Gasteiger partial charge in [-0.1, -0.05) is 32.4 Å². The molecule has 3 N–H and O–H groups in total. The second-order valence-electron chi connectivity index (χ2n) is 6.56. The summed E-state index contributed by atoms with van der Waals surface area (Å²) in [6, 6.07) is -0.887. The largest absolute Gasteiger partial charge is 0.480 e. The molecule has 0 aromatic rings. The Morgan fingerprint density at radius 2 is 2.08 bits per heavy atom. The molecule has 0 spiro atoms. The van der Waals surface area contributed by atoms with E-state index in [0.29, 0.717) is 32.1 Å². The highest BCUT2D eigenvalue weighted by Crippen LogP contribution is 2.34. The molecule has 0 bridgehead atoms. The van der Waals surface area contributed by atoms with Crippen LogP contribution < -0.4 is 5.32 Å². The third kappa shape index (κ3) is 6.07. The van der Waals surface area contributed by atoms with Crippen molar-refractivity contribution in [2.45, 2.75) is 58.4 Å². The van der Waals surface area contributed by atoms with Crippen LogP contribution in [-0.4, -0.2) is 40.5 Å². The van der Waals surface area contributed by atoms with Gasteiger partial charge < -0.3 is 15.5 Å². The third-order valence-electron chi connectivity index (χ3n) is 4.84. The molecule has 0 unspecified atom stereocenters. The van der Waals surface area contributed by atoms with Crippen LogP contribution in [0.3, 0.4) is 0 Å². The molecule has 0 saturated heterocycles. The maximum atomic E-state index is 12.2. The van der Waals surface area contributed by atoms with Gasteiger partial charge in [-0.2, -0.15) is 0 Å². The fourth-order valence-corrected chi connectivity index (χ4v) is 3.13. The first-order chi connectivity index (χ1) is 11.4. The molecule has 1 aliphatic rings. The summed E-state index contributed by atoms with van der Waals surface area (Å²) in [7, 11) is 0. The number of rotatable bonds is 10. The molecule has 0 aromatic heterocycles. The average Bonchev–Trinajstić information content (AvgIpc) is 2.88. The molecule has 24 heavy (non-hydrogen) atoms. The number of carboxylic acids is 1.